The van der Waals surface area contributed by atoms with E-state index in [-0.39, 0.29) is 12.5 Å². The molecule has 5 heteroatoms. The maximum Gasteiger partial charge on any atom is 0.328 e. The van der Waals surface area contributed by atoms with Crippen molar-refractivity contribution in [3.05, 3.63) is 35.4 Å². The second-order valence-corrected chi connectivity index (χ2v) is 4.92. The van der Waals surface area contributed by atoms with Crippen LogP contribution in [0.3, 0.4) is 0 Å². The molecule has 0 aliphatic carbocycles. The summed E-state index contributed by atoms with van der Waals surface area (Å²) in [5.74, 6) is -0.576. The maximum absolute atomic E-state index is 12.0. The summed E-state index contributed by atoms with van der Waals surface area (Å²) in [4.78, 5) is 25.2. The van der Waals surface area contributed by atoms with Crippen LogP contribution in [-0.2, 0) is 20.9 Å². The van der Waals surface area contributed by atoms with Crippen LogP contribution in [-0.4, -0.2) is 36.1 Å². The minimum Gasteiger partial charge on any atom is -0.461 e. The molecule has 0 bridgehead atoms. The molecule has 20 heavy (non-hydrogen) atoms. The van der Waals surface area contributed by atoms with Gasteiger partial charge in [-0.1, -0.05) is 29.8 Å². The van der Waals surface area contributed by atoms with E-state index in [9.17, 15) is 14.0 Å². The number of hydrogen-bond donors (Lipinski definition) is 0. The first-order valence-electron chi connectivity index (χ1n) is 6.69. The second-order valence-electron chi connectivity index (χ2n) is 4.92. The Morgan fingerprint density at radius 1 is 1.40 bits per heavy atom. The van der Waals surface area contributed by atoms with Crippen molar-refractivity contribution in [2.45, 2.75) is 32.4 Å². The highest BCUT2D eigenvalue weighted by Crippen LogP contribution is 2.22. The van der Waals surface area contributed by atoms with E-state index in [2.05, 4.69) is 0 Å². The first kappa shape index (κ1) is 14.5. The summed E-state index contributed by atoms with van der Waals surface area (Å²) in [6.45, 7) is 1.42. The van der Waals surface area contributed by atoms with Crippen molar-refractivity contribution in [3.8, 4) is 0 Å². The van der Waals surface area contributed by atoms with Gasteiger partial charge in [-0.25, -0.2) is 9.18 Å². The van der Waals surface area contributed by atoms with E-state index in [0.717, 1.165) is 11.1 Å². The van der Waals surface area contributed by atoms with E-state index in [1.165, 1.54) is 4.90 Å². The van der Waals surface area contributed by atoms with Gasteiger partial charge in [0.2, 0.25) is 5.91 Å². The van der Waals surface area contributed by atoms with Crippen molar-refractivity contribution in [1.82, 2.24) is 4.90 Å². The summed E-state index contributed by atoms with van der Waals surface area (Å²) in [5.41, 5.74) is 2.11. The van der Waals surface area contributed by atoms with Gasteiger partial charge in [0.1, 0.15) is 19.3 Å². The molecule has 0 spiro atoms. The van der Waals surface area contributed by atoms with Gasteiger partial charge in [-0.15, -0.1) is 0 Å². The SMILES string of the molecule is Cc1ccc(CN2C(=O)CC[C@@H]2C(=O)OCCF)cc1. The van der Waals surface area contributed by atoms with E-state index in [4.69, 9.17) is 4.74 Å². The number of carbonyl (C=O) groups excluding carboxylic acids is 2. The molecular weight excluding hydrogens is 261 g/mol. The Balaban J connectivity index is 2.04. The highest BCUT2D eigenvalue weighted by atomic mass is 19.1. The third kappa shape index (κ3) is 3.35. The van der Waals surface area contributed by atoms with Crippen LogP contribution in [0.2, 0.25) is 0 Å². The van der Waals surface area contributed by atoms with E-state index in [0.29, 0.717) is 19.4 Å². The van der Waals surface area contributed by atoms with E-state index < -0.39 is 18.7 Å². The van der Waals surface area contributed by atoms with Gasteiger partial charge in [-0.3, -0.25) is 4.79 Å². The molecule has 1 fully saturated rings. The summed E-state index contributed by atoms with van der Waals surface area (Å²) in [6.07, 6.45) is 0.775. The minimum atomic E-state index is -0.704. The lowest BCUT2D eigenvalue weighted by Gasteiger charge is -2.23. The zero-order chi connectivity index (χ0) is 14.5. The normalized spacial score (nSPS) is 18.4. The number of esters is 1. The van der Waals surface area contributed by atoms with Crippen LogP contribution in [0.5, 0.6) is 0 Å². The van der Waals surface area contributed by atoms with Crippen LogP contribution in [0.15, 0.2) is 24.3 Å². The van der Waals surface area contributed by atoms with Crippen molar-refractivity contribution in [2.24, 2.45) is 0 Å². The topological polar surface area (TPSA) is 46.6 Å². The standard InChI is InChI=1S/C15H18FNO3/c1-11-2-4-12(5-3-11)10-17-13(6-7-14(17)18)15(19)20-9-8-16/h2-5,13H,6-10H2,1H3/t13-/m1/s1. The largest absolute Gasteiger partial charge is 0.461 e. The predicted molar refractivity (Wildman–Crippen MR) is 71.7 cm³/mol. The van der Waals surface area contributed by atoms with E-state index in [1.807, 2.05) is 31.2 Å². The lowest BCUT2D eigenvalue weighted by atomic mass is 10.1. The Labute approximate surface area is 117 Å². The highest BCUT2D eigenvalue weighted by Gasteiger charge is 2.36. The quantitative estimate of drug-likeness (QED) is 0.774. The fraction of sp³-hybridized carbons (Fsp3) is 0.467. The van der Waals surface area contributed by atoms with Crippen LogP contribution < -0.4 is 0 Å². The van der Waals surface area contributed by atoms with E-state index >= 15 is 0 Å². The maximum atomic E-state index is 12.0. The van der Waals surface area contributed by atoms with Crippen molar-refractivity contribution in [1.29, 1.82) is 0 Å². The summed E-state index contributed by atoms with van der Waals surface area (Å²) in [5, 5.41) is 0. The Bertz CT molecular complexity index is 486. The fourth-order valence-electron chi connectivity index (χ4n) is 2.30. The molecule has 4 nitrogen and oxygen atoms in total. The summed E-state index contributed by atoms with van der Waals surface area (Å²) in [7, 11) is 0. The van der Waals surface area contributed by atoms with Crippen molar-refractivity contribution >= 4 is 11.9 Å². The number of benzene rings is 1. The number of halogens is 1. The molecule has 1 aromatic carbocycles. The molecule has 108 valence electrons. The third-order valence-corrected chi connectivity index (χ3v) is 3.40. The molecule has 1 aliphatic rings. The van der Waals surface area contributed by atoms with Gasteiger partial charge in [-0.2, -0.15) is 0 Å². The number of rotatable bonds is 5. The number of aryl methyl sites for hydroxylation is 1. The third-order valence-electron chi connectivity index (χ3n) is 3.40. The van der Waals surface area contributed by atoms with Gasteiger partial charge < -0.3 is 9.64 Å². The van der Waals surface area contributed by atoms with E-state index in [1.54, 1.807) is 0 Å². The first-order valence-corrected chi connectivity index (χ1v) is 6.69. The molecule has 0 unspecified atom stereocenters. The molecule has 1 saturated heterocycles. The lowest BCUT2D eigenvalue weighted by Crippen LogP contribution is -2.39. The van der Waals surface area contributed by atoms with Gasteiger partial charge in [-0.05, 0) is 18.9 Å². The lowest BCUT2D eigenvalue weighted by molar-refractivity contribution is -0.152. The fourth-order valence-corrected chi connectivity index (χ4v) is 2.30. The van der Waals surface area contributed by atoms with Crippen LogP contribution in [0.4, 0.5) is 4.39 Å². The Kier molecular flexibility index (Phi) is 4.71. The minimum absolute atomic E-state index is 0.0622. The van der Waals surface area contributed by atoms with Crippen LogP contribution >= 0.6 is 0 Å². The predicted octanol–water partition coefficient (Wildman–Crippen LogP) is 2.00. The monoisotopic (exact) mass is 279 g/mol. The number of carbonyl (C=O) groups is 2. The van der Waals surface area contributed by atoms with Crippen molar-refractivity contribution in [2.75, 3.05) is 13.3 Å². The van der Waals surface area contributed by atoms with Crippen LogP contribution in [0, 0.1) is 6.92 Å². The number of ether oxygens (including phenoxy) is 1. The molecule has 1 heterocycles. The molecule has 2 rings (SSSR count). The average Bonchev–Trinajstić information content (AvgIpc) is 2.80. The molecular formula is C15H18FNO3. The number of amides is 1. The number of hydrogen-bond acceptors (Lipinski definition) is 3. The van der Waals surface area contributed by atoms with Gasteiger partial charge in [0.25, 0.3) is 0 Å². The van der Waals surface area contributed by atoms with Crippen molar-refractivity contribution in [3.63, 3.8) is 0 Å². The highest BCUT2D eigenvalue weighted by molar-refractivity contribution is 5.88. The molecule has 1 atom stereocenters. The van der Waals surface area contributed by atoms with Crippen LogP contribution in [0.25, 0.3) is 0 Å². The summed E-state index contributed by atoms with van der Waals surface area (Å²) in [6, 6.07) is 7.21. The summed E-state index contributed by atoms with van der Waals surface area (Å²) >= 11 is 0. The number of alkyl halides is 1. The van der Waals surface area contributed by atoms with Crippen LogP contribution in [0.1, 0.15) is 24.0 Å². The Hall–Kier alpha value is -1.91. The zero-order valence-electron chi connectivity index (χ0n) is 11.5. The number of likely N-dealkylation sites (tertiary alicyclic amines) is 1. The number of nitrogens with zero attached hydrogens (tertiary/aromatic N) is 1. The Morgan fingerprint density at radius 2 is 2.10 bits per heavy atom. The summed E-state index contributed by atoms with van der Waals surface area (Å²) < 4.78 is 16.8. The Morgan fingerprint density at radius 3 is 2.75 bits per heavy atom. The zero-order valence-corrected chi connectivity index (χ0v) is 11.5. The molecule has 1 amide bonds. The van der Waals surface area contributed by atoms with Gasteiger partial charge in [0.05, 0.1) is 0 Å². The average molecular weight is 279 g/mol. The first-order chi connectivity index (χ1) is 9.61. The smallest absolute Gasteiger partial charge is 0.328 e. The molecule has 1 aromatic rings. The second kappa shape index (κ2) is 6.50. The molecule has 0 saturated carbocycles. The van der Waals surface area contributed by atoms with Crippen molar-refractivity contribution < 1.29 is 18.7 Å². The van der Waals surface area contributed by atoms with Gasteiger partial charge in [0.15, 0.2) is 0 Å². The molecule has 0 N–H and O–H groups in total. The van der Waals surface area contributed by atoms with Gasteiger partial charge in [0, 0.05) is 13.0 Å². The van der Waals surface area contributed by atoms with Gasteiger partial charge >= 0.3 is 5.97 Å². The molecule has 0 aromatic heterocycles. The molecule has 1 aliphatic heterocycles. The molecule has 0 radical (unpaired) electrons.